The Labute approximate surface area is 45.4 Å². The number of carboxylic acid groups (broad SMARTS) is 1. The van der Waals surface area contributed by atoms with Crippen LogP contribution in [0.4, 0.5) is 4.39 Å². The van der Waals surface area contributed by atoms with Gasteiger partial charge in [-0.3, -0.25) is 0 Å². The second-order valence-electron chi connectivity index (χ2n) is 1.01. The maximum Gasteiger partial charge on any atom is 0.368 e. The zero-order chi connectivity index (χ0) is 6.57. The Hall–Kier alpha value is -1.06. The number of hydrogen-bond donors (Lipinski definition) is 1. The Morgan fingerprint density at radius 2 is 2.38 bits per heavy atom. The van der Waals surface area contributed by atoms with Crippen molar-refractivity contribution in [2.24, 2.45) is 0 Å². The zero-order valence-corrected chi connectivity index (χ0v) is 4.22. The predicted octanol–water partition coefficient (Wildman–Crippen LogP) is 0.528. The van der Waals surface area contributed by atoms with Crippen molar-refractivity contribution in [3.63, 3.8) is 0 Å². The second kappa shape index (κ2) is 3.01. The normalized spacial score (nSPS) is 11.0. The Kier molecular flexibility index (Phi) is 2.61. The summed E-state index contributed by atoms with van der Waals surface area (Å²) in [5.41, 5.74) is 0. The average molecular weight is 120 g/mol. The standard InChI is InChI=1S/C4H5FO3/c1-8-2-3(5)4(6)7/h2H,1H3,(H,6,7)/b3-2-. The molecule has 4 heteroatoms. The number of carbonyl (C=O) groups is 1. The molecule has 3 nitrogen and oxygen atoms in total. The highest BCUT2D eigenvalue weighted by Crippen LogP contribution is 1.93. The van der Waals surface area contributed by atoms with Crippen molar-refractivity contribution < 1.29 is 19.0 Å². The van der Waals surface area contributed by atoms with Gasteiger partial charge in [0.2, 0.25) is 5.83 Å². The van der Waals surface area contributed by atoms with Gasteiger partial charge in [0.1, 0.15) is 6.26 Å². The van der Waals surface area contributed by atoms with Crippen LogP contribution < -0.4 is 0 Å². The third-order valence-corrected chi connectivity index (χ3v) is 0.426. The van der Waals surface area contributed by atoms with Gasteiger partial charge in [0.15, 0.2) is 0 Å². The minimum absolute atomic E-state index is 0.516. The lowest BCUT2D eigenvalue weighted by Gasteiger charge is -1.85. The number of methoxy groups -OCH3 is 1. The molecule has 0 bridgehead atoms. The molecule has 0 fully saturated rings. The van der Waals surface area contributed by atoms with Crippen LogP contribution in [0.1, 0.15) is 0 Å². The van der Waals surface area contributed by atoms with Gasteiger partial charge in [-0.25, -0.2) is 4.79 Å². The van der Waals surface area contributed by atoms with E-state index in [1.54, 1.807) is 0 Å². The van der Waals surface area contributed by atoms with Crippen molar-refractivity contribution in [1.29, 1.82) is 0 Å². The highest BCUT2D eigenvalue weighted by molar-refractivity contribution is 5.83. The smallest absolute Gasteiger partial charge is 0.368 e. The second-order valence-corrected chi connectivity index (χ2v) is 1.01. The minimum Gasteiger partial charge on any atom is -0.501 e. The molecule has 8 heavy (non-hydrogen) atoms. The summed E-state index contributed by atoms with van der Waals surface area (Å²) in [6, 6.07) is 0. The molecule has 46 valence electrons. The van der Waals surface area contributed by atoms with E-state index in [0.29, 0.717) is 6.26 Å². The van der Waals surface area contributed by atoms with E-state index in [0.717, 1.165) is 0 Å². The van der Waals surface area contributed by atoms with Crippen molar-refractivity contribution in [3.8, 4) is 0 Å². The van der Waals surface area contributed by atoms with Gasteiger partial charge in [-0.05, 0) is 0 Å². The van der Waals surface area contributed by atoms with E-state index >= 15 is 0 Å². The van der Waals surface area contributed by atoms with Gasteiger partial charge in [-0.1, -0.05) is 0 Å². The molecule has 0 aliphatic rings. The summed E-state index contributed by atoms with van der Waals surface area (Å²) in [4.78, 5) is 9.57. The summed E-state index contributed by atoms with van der Waals surface area (Å²) in [5, 5.41) is 7.79. The maximum atomic E-state index is 11.7. The molecule has 0 heterocycles. The van der Waals surface area contributed by atoms with Crippen LogP contribution in [0.15, 0.2) is 12.1 Å². The lowest BCUT2D eigenvalue weighted by Crippen LogP contribution is -1.94. The quantitative estimate of drug-likeness (QED) is 0.427. The molecule has 0 radical (unpaired) electrons. The van der Waals surface area contributed by atoms with Crippen molar-refractivity contribution in [3.05, 3.63) is 12.1 Å². The van der Waals surface area contributed by atoms with Gasteiger partial charge in [0.05, 0.1) is 7.11 Å². The van der Waals surface area contributed by atoms with E-state index in [4.69, 9.17) is 5.11 Å². The summed E-state index contributed by atoms with van der Waals surface area (Å²) in [7, 11) is 1.17. The minimum atomic E-state index is -1.62. The largest absolute Gasteiger partial charge is 0.501 e. The van der Waals surface area contributed by atoms with Crippen LogP contribution in [0, 0.1) is 0 Å². The molecule has 0 atom stereocenters. The van der Waals surface area contributed by atoms with Crippen LogP contribution in [-0.4, -0.2) is 18.2 Å². The molecule has 0 aliphatic carbocycles. The molecule has 0 amide bonds. The molecule has 0 spiro atoms. The van der Waals surface area contributed by atoms with Crippen LogP contribution in [0.5, 0.6) is 0 Å². The Bertz CT molecular complexity index is 118. The van der Waals surface area contributed by atoms with Crippen LogP contribution >= 0.6 is 0 Å². The molecule has 0 aromatic rings. The van der Waals surface area contributed by atoms with E-state index in [2.05, 4.69) is 4.74 Å². The molecular formula is C4H5FO3. The highest BCUT2D eigenvalue weighted by atomic mass is 19.1. The third-order valence-electron chi connectivity index (χ3n) is 0.426. The lowest BCUT2D eigenvalue weighted by atomic mass is 10.6. The first-order chi connectivity index (χ1) is 3.68. The SMILES string of the molecule is CO/C=C(\F)C(=O)O. The first kappa shape index (κ1) is 6.94. The number of aliphatic carboxylic acids is 1. The molecule has 0 rings (SSSR count). The summed E-state index contributed by atoms with van der Waals surface area (Å²) < 4.78 is 15.7. The van der Waals surface area contributed by atoms with E-state index in [1.165, 1.54) is 7.11 Å². The zero-order valence-electron chi connectivity index (χ0n) is 4.22. The van der Waals surface area contributed by atoms with Gasteiger partial charge < -0.3 is 9.84 Å². The number of carboxylic acids is 1. The number of rotatable bonds is 2. The van der Waals surface area contributed by atoms with Gasteiger partial charge in [0, 0.05) is 0 Å². The van der Waals surface area contributed by atoms with Crippen molar-refractivity contribution in [2.45, 2.75) is 0 Å². The average Bonchev–Trinajstić information content (AvgIpc) is 1.67. The number of halogens is 1. The van der Waals surface area contributed by atoms with Gasteiger partial charge in [-0.2, -0.15) is 4.39 Å². The fraction of sp³-hybridized carbons (Fsp3) is 0.250. The van der Waals surface area contributed by atoms with E-state index in [1.807, 2.05) is 0 Å². The van der Waals surface area contributed by atoms with Crippen molar-refractivity contribution in [2.75, 3.05) is 7.11 Å². The van der Waals surface area contributed by atoms with Gasteiger partial charge in [0.25, 0.3) is 0 Å². The maximum absolute atomic E-state index is 11.7. The van der Waals surface area contributed by atoms with E-state index < -0.39 is 11.8 Å². The Balaban J connectivity index is 3.80. The lowest BCUT2D eigenvalue weighted by molar-refractivity contribution is -0.134. The van der Waals surface area contributed by atoms with Crippen molar-refractivity contribution in [1.82, 2.24) is 0 Å². The van der Waals surface area contributed by atoms with Crippen LogP contribution in [0.2, 0.25) is 0 Å². The molecule has 0 aromatic carbocycles. The summed E-state index contributed by atoms with van der Waals surface area (Å²) in [5.74, 6) is -2.92. The molecule has 0 saturated heterocycles. The van der Waals surface area contributed by atoms with Crippen LogP contribution in [0.25, 0.3) is 0 Å². The third kappa shape index (κ3) is 2.17. The Morgan fingerprint density at radius 1 is 1.88 bits per heavy atom. The predicted molar refractivity (Wildman–Crippen MR) is 23.8 cm³/mol. The fourth-order valence-electron chi connectivity index (χ4n) is 0.154. The molecular weight excluding hydrogens is 115 g/mol. The topological polar surface area (TPSA) is 46.5 Å². The van der Waals surface area contributed by atoms with Crippen LogP contribution in [-0.2, 0) is 9.53 Å². The molecule has 0 aliphatic heterocycles. The van der Waals surface area contributed by atoms with E-state index in [-0.39, 0.29) is 0 Å². The molecule has 0 unspecified atom stereocenters. The molecule has 0 aromatic heterocycles. The number of hydrogen-bond acceptors (Lipinski definition) is 2. The molecule has 0 saturated carbocycles. The summed E-state index contributed by atoms with van der Waals surface area (Å²) in [6.07, 6.45) is 0.516. The first-order valence-electron chi connectivity index (χ1n) is 1.80. The van der Waals surface area contributed by atoms with Crippen molar-refractivity contribution >= 4 is 5.97 Å². The van der Waals surface area contributed by atoms with Gasteiger partial charge in [-0.15, -0.1) is 0 Å². The van der Waals surface area contributed by atoms with Gasteiger partial charge >= 0.3 is 5.97 Å². The molecule has 1 N–H and O–H groups in total. The number of ether oxygens (including phenoxy) is 1. The van der Waals surface area contributed by atoms with E-state index in [9.17, 15) is 9.18 Å². The van der Waals surface area contributed by atoms with Crippen LogP contribution in [0.3, 0.4) is 0 Å². The fourth-order valence-corrected chi connectivity index (χ4v) is 0.154. The summed E-state index contributed by atoms with van der Waals surface area (Å²) in [6.45, 7) is 0. The summed E-state index contributed by atoms with van der Waals surface area (Å²) >= 11 is 0. The Morgan fingerprint density at radius 3 is 2.50 bits per heavy atom. The first-order valence-corrected chi connectivity index (χ1v) is 1.80. The monoisotopic (exact) mass is 120 g/mol. The highest BCUT2D eigenvalue weighted by Gasteiger charge is 2.02.